The highest BCUT2D eigenvalue weighted by Crippen LogP contribution is 2.44. The molecule has 0 radical (unpaired) electrons. The molecule has 2 heterocycles. The van der Waals surface area contributed by atoms with Gasteiger partial charge in [0.25, 0.3) is 13.1 Å². The first-order valence-corrected chi connectivity index (χ1v) is 11.5. The van der Waals surface area contributed by atoms with Crippen LogP contribution in [0.3, 0.4) is 0 Å². The second-order valence-electron chi connectivity index (χ2n) is 7.14. The number of benzene rings is 1. The highest BCUT2D eigenvalue weighted by molar-refractivity contribution is 7.56. The summed E-state index contributed by atoms with van der Waals surface area (Å²) >= 11 is 0. The van der Waals surface area contributed by atoms with Gasteiger partial charge < -0.3 is 19.6 Å². The molecule has 0 saturated heterocycles. The van der Waals surface area contributed by atoms with Gasteiger partial charge in [-0.15, -0.1) is 0 Å². The summed E-state index contributed by atoms with van der Waals surface area (Å²) in [6, 6.07) is 4.98. The predicted octanol–water partition coefficient (Wildman–Crippen LogP) is 1.79. The van der Waals surface area contributed by atoms with Crippen LogP contribution in [-0.4, -0.2) is 44.3 Å². The fraction of sp³-hybridized carbons (Fsp3) is 0.368. The molecule has 32 heavy (non-hydrogen) atoms. The molecular formula is C19H24FN6O5P. The molecule has 0 bridgehead atoms. The lowest BCUT2D eigenvalue weighted by atomic mass is 10.2. The summed E-state index contributed by atoms with van der Waals surface area (Å²) in [5.41, 5.74) is 6.04. The fourth-order valence-corrected chi connectivity index (χ4v) is 4.51. The molecule has 11 nitrogen and oxygen atoms in total. The van der Waals surface area contributed by atoms with E-state index in [1.54, 1.807) is 17.6 Å². The number of carbonyl (C=O) groups is 1. The molecule has 0 aliphatic carbocycles. The monoisotopic (exact) mass is 466 g/mol. The van der Waals surface area contributed by atoms with E-state index < -0.39 is 24.9 Å². The molecule has 2 aromatic heterocycles. The Bertz CT molecular complexity index is 1210. The largest absolute Gasteiger partial charge is 0.369 e. The normalized spacial score (nSPS) is 14.3. The third kappa shape index (κ3) is 6.07. The van der Waals surface area contributed by atoms with Crippen molar-refractivity contribution in [2.24, 2.45) is 0 Å². The number of ether oxygens (including phenoxy) is 1. The number of nitrogens with zero attached hydrogens (tertiary/aromatic N) is 3. The number of carbonyl (C=O) groups excluding carboxylic acids is 1. The molecule has 0 amide bonds. The first-order valence-electron chi connectivity index (χ1n) is 9.71. The highest BCUT2D eigenvalue weighted by atomic mass is 31.2. The van der Waals surface area contributed by atoms with Gasteiger partial charge in [-0.3, -0.25) is 19.1 Å². The fourth-order valence-electron chi connectivity index (χ4n) is 2.79. The number of aromatic amines is 1. The molecular weight excluding hydrogens is 442 g/mol. The average molecular weight is 466 g/mol. The molecule has 3 aromatic rings. The van der Waals surface area contributed by atoms with Crippen molar-refractivity contribution in [1.82, 2.24) is 24.6 Å². The molecule has 2 unspecified atom stereocenters. The smallest absolute Gasteiger partial charge is 0.295 e. The standard InChI is InChI=1S/C19H24FN6O5P/c1-12(13(2)27)25-32(29,31-9-14-4-3-5-15(20)8-14)11-30-7-6-26-10-22-16-17(26)23-19(21)24-18(16)28/h3-5,8,10,12H,6-7,9,11H2,1-2H3,(H,25,29)(H3,21,23,24,28). The van der Waals surface area contributed by atoms with Crippen LogP contribution in [0.5, 0.6) is 0 Å². The van der Waals surface area contributed by atoms with Crippen LogP contribution >= 0.6 is 7.52 Å². The molecule has 2 atom stereocenters. The number of nitrogens with one attached hydrogen (secondary N) is 2. The van der Waals surface area contributed by atoms with Crippen LogP contribution in [0.1, 0.15) is 19.4 Å². The summed E-state index contributed by atoms with van der Waals surface area (Å²) in [4.78, 5) is 33.9. The van der Waals surface area contributed by atoms with Crippen molar-refractivity contribution in [3.8, 4) is 0 Å². The van der Waals surface area contributed by atoms with Crippen LogP contribution < -0.4 is 16.4 Å². The molecule has 4 N–H and O–H groups in total. The van der Waals surface area contributed by atoms with E-state index in [1.807, 2.05) is 0 Å². The number of imidazole rings is 1. The minimum absolute atomic E-state index is 0.0390. The minimum atomic E-state index is -3.61. The number of nitrogen functional groups attached to an aromatic ring is 1. The number of Topliss-reactive ketones (excluding diaryl/α,β-unsaturated/α-hetero) is 1. The van der Waals surface area contributed by atoms with Gasteiger partial charge in [-0.25, -0.2) is 14.5 Å². The Morgan fingerprint density at radius 2 is 2.22 bits per heavy atom. The molecule has 1 aromatic carbocycles. The molecule has 0 aliphatic heterocycles. The summed E-state index contributed by atoms with van der Waals surface area (Å²) in [6.07, 6.45) is 1.09. The van der Waals surface area contributed by atoms with Crippen molar-refractivity contribution in [2.75, 3.05) is 18.7 Å². The average Bonchev–Trinajstić information content (AvgIpc) is 3.13. The zero-order valence-electron chi connectivity index (χ0n) is 17.6. The number of ketones is 1. The Kier molecular flexibility index (Phi) is 7.52. The zero-order chi connectivity index (χ0) is 23.3. The summed E-state index contributed by atoms with van der Waals surface area (Å²) < 4.78 is 39.3. The Morgan fingerprint density at radius 1 is 1.44 bits per heavy atom. The second kappa shape index (κ2) is 10.1. The predicted molar refractivity (Wildman–Crippen MR) is 115 cm³/mol. The lowest BCUT2D eigenvalue weighted by Crippen LogP contribution is -2.32. The van der Waals surface area contributed by atoms with Crippen LogP contribution in [0.15, 0.2) is 35.4 Å². The third-order valence-electron chi connectivity index (χ3n) is 4.56. The van der Waals surface area contributed by atoms with Crippen molar-refractivity contribution < 1.29 is 23.0 Å². The van der Waals surface area contributed by atoms with Gasteiger partial charge in [-0.2, -0.15) is 4.98 Å². The van der Waals surface area contributed by atoms with Crippen molar-refractivity contribution in [3.63, 3.8) is 0 Å². The van der Waals surface area contributed by atoms with Crippen molar-refractivity contribution >= 4 is 30.4 Å². The minimum Gasteiger partial charge on any atom is -0.369 e. The van der Waals surface area contributed by atoms with Gasteiger partial charge in [0.15, 0.2) is 11.2 Å². The molecule has 0 fully saturated rings. The number of fused-ring (bicyclic) bond motifs is 1. The molecule has 0 saturated carbocycles. The molecule has 172 valence electrons. The zero-order valence-corrected chi connectivity index (χ0v) is 18.5. The Morgan fingerprint density at radius 3 is 2.94 bits per heavy atom. The van der Waals surface area contributed by atoms with E-state index in [9.17, 15) is 18.5 Å². The third-order valence-corrected chi connectivity index (χ3v) is 6.41. The van der Waals surface area contributed by atoms with E-state index in [4.69, 9.17) is 15.0 Å². The van der Waals surface area contributed by atoms with Gasteiger partial charge >= 0.3 is 0 Å². The van der Waals surface area contributed by atoms with E-state index in [2.05, 4.69) is 20.0 Å². The first kappa shape index (κ1) is 23.7. The van der Waals surface area contributed by atoms with Gasteiger partial charge in [0, 0.05) is 6.54 Å². The maximum atomic E-state index is 13.4. The number of aromatic nitrogens is 4. The van der Waals surface area contributed by atoms with Crippen molar-refractivity contribution in [1.29, 1.82) is 0 Å². The van der Waals surface area contributed by atoms with E-state index in [-0.39, 0.29) is 43.4 Å². The quantitative estimate of drug-likeness (QED) is 0.283. The van der Waals surface area contributed by atoms with E-state index in [1.165, 1.54) is 31.5 Å². The first-order chi connectivity index (χ1) is 15.2. The van der Waals surface area contributed by atoms with E-state index >= 15 is 0 Å². The Labute approximate surface area is 182 Å². The lowest BCUT2D eigenvalue weighted by Gasteiger charge is -2.22. The number of anilines is 1. The van der Waals surface area contributed by atoms with Gasteiger partial charge in [-0.1, -0.05) is 12.1 Å². The number of H-pyrrole nitrogens is 1. The number of nitrogens with two attached hydrogens (primary N) is 1. The van der Waals surface area contributed by atoms with Gasteiger partial charge in [-0.05, 0) is 31.5 Å². The van der Waals surface area contributed by atoms with Gasteiger partial charge in [0.2, 0.25) is 5.95 Å². The topological polar surface area (TPSA) is 154 Å². The van der Waals surface area contributed by atoms with Crippen LogP contribution in [0, 0.1) is 5.82 Å². The molecule has 13 heteroatoms. The number of halogens is 1. The SMILES string of the molecule is CC(=O)C(C)NP(=O)(COCCn1cnc2c(=O)[nH]c(N)nc21)OCc1cccc(F)c1. The summed E-state index contributed by atoms with van der Waals surface area (Å²) in [7, 11) is -3.61. The Balaban J connectivity index is 1.63. The summed E-state index contributed by atoms with van der Waals surface area (Å²) in [5, 5.41) is 2.69. The Hall–Kier alpha value is -2.92. The van der Waals surface area contributed by atoms with E-state index in [0.717, 1.165) is 0 Å². The summed E-state index contributed by atoms with van der Waals surface area (Å²) in [5.74, 6) is -0.705. The number of rotatable bonds is 11. The van der Waals surface area contributed by atoms with Crippen LogP contribution in [0.25, 0.3) is 11.2 Å². The second-order valence-corrected chi connectivity index (χ2v) is 9.26. The molecule has 0 aliphatic rings. The highest BCUT2D eigenvalue weighted by Gasteiger charge is 2.27. The van der Waals surface area contributed by atoms with E-state index in [0.29, 0.717) is 11.2 Å². The van der Waals surface area contributed by atoms with Crippen LogP contribution in [0.2, 0.25) is 0 Å². The number of hydrogen-bond donors (Lipinski definition) is 3. The molecule has 3 rings (SSSR count). The molecule has 0 spiro atoms. The van der Waals surface area contributed by atoms with Gasteiger partial charge in [0.1, 0.15) is 17.9 Å². The maximum absolute atomic E-state index is 13.4. The lowest BCUT2D eigenvalue weighted by molar-refractivity contribution is -0.118. The van der Waals surface area contributed by atoms with Crippen molar-refractivity contribution in [2.45, 2.75) is 33.0 Å². The van der Waals surface area contributed by atoms with Gasteiger partial charge in [0.05, 0.1) is 25.6 Å². The maximum Gasteiger partial charge on any atom is 0.295 e. The van der Waals surface area contributed by atoms with Crippen molar-refractivity contribution in [3.05, 3.63) is 52.3 Å². The van der Waals surface area contributed by atoms with Crippen LogP contribution in [-0.2, 0) is 31.8 Å². The summed E-state index contributed by atoms with van der Waals surface area (Å²) in [6.45, 7) is 3.13. The van der Waals surface area contributed by atoms with Crippen LogP contribution in [0.4, 0.5) is 10.3 Å². The number of hydrogen-bond acceptors (Lipinski definition) is 8.